The lowest BCUT2D eigenvalue weighted by atomic mass is 10.1. The quantitative estimate of drug-likeness (QED) is 0.460. The molecular formula is C26H26F3N3O4S. The van der Waals surface area contributed by atoms with Crippen molar-refractivity contribution in [3.8, 4) is 5.75 Å². The summed E-state index contributed by atoms with van der Waals surface area (Å²) < 4.78 is 73.9. The molecule has 3 aromatic rings. The van der Waals surface area contributed by atoms with Crippen molar-refractivity contribution in [2.75, 3.05) is 6.54 Å². The third-order valence-electron chi connectivity index (χ3n) is 6.00. The molecule has 0 bridgehead atoms. The second-order valence-corrected chi connectivity index (χ2v) is 10.5. The summed E-state index contributed by atoms with van der Waals surface area (Å²) in [6, 6.07) is 14.6. The van der Waals surface area contributed by atoms with Crippen LogP contribution in [0.2, 0.25) is 0 Å². The number of carbonyl (C=O) groups excluding carboxylic acids is 1. The van der Waals surface area contributed by atoms with Crippen molar-refractivity contribution in [3.63, 3.8) is 0 Å². The highest BCUT2D eigenvalue weighted by atomic mass is 32.2. The molecule has 1 amide bonds. The van der Waals surface area contributed by atoms with Crippen LogP contribution >= 0.6 is 0 Å². The molecule has 0 spiro atoms. The minimum absolute atomic E-state index is 0.197. The molecule has 1 fully saturated rings. The van der Waals surface area contributed by atoms with Crippen LogP contribution in [0.4, 0.5) is 13.2 Å². The van der Waals surface area contributed by atoms with Crippen molar-refractivity contribution in [2.24, 2.45) is 0 Å². The number of benzene rings is 2. The number of amides is 1. The molecule has 37 heavy (non-hydrogen) atoms. The van der Waals surface area contributed by atoms with Crippen LogP contribution in [-0.4, -0.2) is 36.2 Å². The number of aromatic nitrogens is 1. The predicted molar refractivity (Wildman–Crippen MR) is 130 cm³/mol. The van der Waals surface area contributed by atoms with E-state index in [1.165, 1.54) is 0 Å². The van der Waals surface area contributed by atoms with Gasteiger partial charge >= 0.3 is 6.18 Å². The maximum absolute atomic E-state index is 13.6. The standard InChI is InChI=1S/C26H26F3N3O4S/c27-26(28,29)20-6-5-8-23(16-20)37(34,35)32(24-9-2-4-15-31-25(24)33)17-19-10-12-22(13-11-19)36-18-21-7-1-3-14-30-21/h1,3,5-8,10-14,16,24H,2,4,9,15,17-18H2,(H,31,33)/t24-/m0/s1. The topological polar surface area (TPSA) is 88.6 Å². The van der Waals surface area contributed by atoms with Gasteiger partial charge in [-0.2, -0.15) is 17.5 Å². The molecule has 0 unspecified atom stereocenters. The Kier molecular flexibility index (Phi) is 8.13. The molecule has 2 aromatic carbocycles. The fraction of sp³-hybridized carbons (Fsp3) is 0.308. The normalized spacial score (nSPS) is 16.8. The van der Waals surface area contributed by atoms with E-state index < -0.39 is 38.6 Å². The molecule has 1 atom stereocenters. The first-order chi connectivity index (χ1) is 17.6. The van der Waals surface area contributed by atoms with E-state index in [9.17, 15) is 26.4 Å². The maximum atomic E-state index is 13.6. The number of alkyl halides is 3. The number of hydrogen-bond acceptors (Lipinski definition) is 5. The summed E-state index contributed by atoms with van der Waals surface area (Å²) >= 11 is 0. The number of pyridine rings is 1. The van der Waals surface area contributed by atoms with E-state index in [-0.39, 0.29) is 19.6 Å². The van der Waals surface area contributed by atoms with E-state index in [1.807, 2.05) is 12.1 Å². The molecule has 1 aromatic heterocycles. The van der Waals surface area contributed by atoms with Crippen molar-refractivity contribution in [1.29, 1.82) is 0 Å². The summed E-state index contributed by atoms with van der Waals surface area (Å²) in [6.45, 7) is 0.463. The molecule has 1 aliphatic heterocycles. The SMILES string of the molecule is O=C1NCCCC[C@@H]1N(Cc1ccc(OCc2ccccn2)cc1)S(=O)(=O)c1cccc(C(F)(F)F)c1. The Balaban J connectivity index is 1.61. The zero-order chi connectivity index (χ0) is 26.5. The largest absolute Gasteiger partial charge is 0.487 e. The van der Waals surface area contributed by atoms with Gasteiger partial charge in [-0.25, -0.2) is 8.42 Å². The van der Waals surface area contributed by atoms with Crippen LogP contribution in [0.3, 0.4) is 0 Å². The van der Waals surface area contributed by atoms with E-state index in [0.29, 0.717) is 36.8 Å². The third-order valence-corrected chi connectivity index (χ3v) is 7.85. The smallest absolute Gasteiger partial charge is 0.416 e. The summed E-state index contributed by atoms with van der Waals surface area (Å²) in [4.78, 5) is 16.5. The van der Waals surface area contributed by atoms with Crippen molar-refractivity contribution in [2.45, 2.75) is 49.5 Å². The number of nitrogens with one attached hydrogen (secondary N) is 1. The van der Waals surface area contributed by atoms with Crippen molar-refractivity contribution >= 4 is 15.9 Å². The summed E-state index contributed by atoms with van der Waals surface area (Å²) in [6.07, 6.45) is -1.51. The van der Waals surface area contributed by atoms with Gasteiger partial charge in [0.15, 0.2) is 0 Å². The number of sulfonamides is 1. The van der Waals surface area contributed by atoms with Crippen LogP contribution in [0.25, 0.3) is 0 Å². The molecule has 11 heteroatoms. The number of nitrogens with zero attached hydrogens (tertiary/aromatic N) is 2. The van der Waals surface area contributed by atoms with Gasteiger partial charge in [-0.05, 0) is 67.3 Å². The highest BCUT2D eigenvalue weighted by molar-refractivity contribution is 7.89. The number of halogens is 3. The molecule has 7 nitrogen and oxygen atoms in total. The van der Waals surface area contributed by atoms with Gasteiger partial charge in [0.2, 0.25) is 15.9 Å². The van der Waals surface area contributed by atoms with Crippen LogP contribution in [-0.2, 0) is 34.1 Å². The molecule has 196 valence electrons. The molecule has 0 aliphatic carbocycles. The Labute approximate surface area is 213 Å². The molecule has 1 aliphatic rings. The number of rotatable bonds is 8. The van der Waals surface area contributed by atoms with Crippen molar-refractivity contribution in [3.05, 3.63) is 89.7 Å². The van der Waals surface area contributed by atoms with Gasteiger partial charge in [-0.1, -0.05) is 24.3 Å². The Morgan fingerprint density at radius 1 is 1.03 bits per heavy atom. The zero-order valence-corrected chi connectivity index (χ0v) is 20.6. The zero-order valence-electron chi connectivity index (χ0n) is 19.8. The Morgan fingerprint density at radius 2 is 1.81 bits per heavy atom. The van der Waals surface area contributed by atoms with E-state index in [4.69, 9.17) is 4.74 Å². The lowest BCUT2D eigenvalue weighted by molar-refractivity contribution is -0.137. The van der Waals surface area contributed by atoms with Crippen LogP contribution in [0.5, 0.6) is 5.75 Å². The Hall–Kier alpha value is -3.44. The second kappa shape index (κ2) is 11.3. The van der Waals surface area contributed by atoms with Gasteiger partial charge in [0.1, 0.15) is 18.4 Å². The van der Waals surface area contributed by atoms with Gasteiger partial charge < -0.3 is 10.1 Å². The third kappa shape index (κ3) is 6.66. The van der Waals surface area contributed by atoms with Crippen LogP contribution in [0.15, 0.2) is 77.8 Å². The first kappa shape index (κ1) is 26.6. The van der Waals surface area contributed by atoms with Crippen LogP contribution in [0.1, 0.15) is 36.1 Å². The van der Waals surface area contributed by atoms with Gasteiger partial charge in [0.25, 0.3) is 0 Å². The number of hydrogen-bond donors (Lipinski definition) is 1. The lowest BCUT2D eigenvalue weighted by Crippen LogP contribution is -2.48. The number of carbonyl (C=O) groups is 1. The van der Waals surface area contributed by atoms with E-state index in [1.54, 1.807) is 36.5 Å². The van der Waals surface area contributed by atoms with E-state index in [0.717, 1.165) is 28.2 Å². The molecular weight excluding hydrogens is 507 g/mol. The average Bonchev–Trinajstić information content (AvgIpc) is 3.11. The summed E-state index contributed by atoms with van der Waals surface area (Å²) in [7, 11) is -4.45. The van der Waals surface area contributed by atoms with Gasteiger partial charge in [-0.3, -0.25) is 9.78 Å². The first-order valence-electron chi connectivity index (χ1n) is 11.7. The van der Waals surface area contributed by atoms with Gasteiger partial charge in [0.05, 0.1) is 16.2 Å². The van der Waals surface area contributed by atoms with Crippen LogP contribution < -0.4 is 10.1 Å². The Morgan fingerprint density at radius 3 is 2.51 bits per heavy atom. The molecule has 4 rings (SSSR count). The highest BCUT2D eigenvalue weighted by Crippen LogP contribution is 2.32. The maximum Gasteiger partial charge on any atom is 0.416 e. The van der Waals surface area contributed by atoms with Crippen LogP contribution in [0, 0.1) is 0 Å². The molecule has 1 saturated heterocycles. The fourth-order valence-corrected chi connectivity index (χ4v) is 5.69. The second-order valence-electron chi connectivity index (χ2n) is 8.63. The first-order valence-corrected chi connectivity index (χ1v) is 13.2. The summed E-state index contributed by atoms with van der Waals surface area (Å²) in [5.74, 6) is 0.0669. The average molecular weight is 534 g/mol. The minimum Gasteiger partial charge on any atom is -0.487 e. The predicted octanol–water partition coefficient (Wildman–Crippen LogP) is 4.54. The van der Waals surface area contributed by atoms with Gasteiger partial charge in [0, 0.05) is 19.3 Å². The van der Waals surface area contributed by atoms with Crippen molar-refractivity contribution in [1.82, 2.24) is 14.6 Å². The number of ether oxygens (including phenoxy) is 1. The van der Waals surface area contributed by atoms with E-state index in [2.05, 4.69) is 10.3 Å². The van der Waals surface area contributed by atoms with Gasteiger partial charge in [-0.15, -0.1) is 0 Å². The molecule has 0 saturated carbocycles. The highest BCUT2D eigenvalue weighted by Gasteiger charge is 2.38. The minimum atomic E-state index is -4.71. The Bertz CT molecular complexity index is 1320. The summed E-state index contributed by atoms with van der Waals surface area (Å²) in [5, 5.41) is 2.71. The lowest BCUT2D eigenvalue weighted by Gasteiger charge is -2.29. The molecule has 1 N–H and O–H groups in total. The van der Waals surface area contributed by atoms with E-state index >= 15 is 0 Å². The monoisotopic (exact) mass is 533 g/mol. The summed E-state index contributed by atoms with van der Waals surface area (Å²) in [5.41, 5.74) is 0.218. The van der Waals surface area contributed by atoms with Crippen molar-refractivity contribution < 1.29 is 31.1 Å². The fourth-order valence-electron chi connectivity index (χ4n) is 4.04. The molecule has 2 heterocycles. The molecule has 0 radical (unpaired) electrons.